The van der Waals surface area contributed by atoms with Crippen LogP contribution in [0.4, 0.5) is 5.00 Å². The fourth-order valence-electron chi connectivity index (χ4n) is 2.99. The van der Waals surface area contributed by atoms with Crippen molar-refractivity contribution in [3.05, 3.63) is 40.0 Å². The molecule has 1 aliphatic carbocycles. The lowest BCUT2D eigenvalue weighted by Gasteiger charge is -2.18. The Kier molecular flexibility index (Phi) is 5.41. The Morgan fingerprint density at radius 1 is 1.35 bits per heavy atom. The molecule has 0 fully saturated rings. The van der Waals surface area contributed by atoms with E-state index in [1.54, 1.807) is 18.3 Å². The molecule has 2 aromatic heterocycles. The summed E-state index contributed by atoms with van der Waals surface area (Å²) in [5, 5.41) is 3.15. The Hall–Kier alpha value is -2.61. The molecule has 0 aromatic carbocycles. The van der Waals surface area contributed by atoms with E-state index >= 15 is 0 Å². The maximum absolute atomic E-state index is 12.2. The van der Waals surface area contributed by atoms with E-state index in [1.807, 2.05) is 0 Å². The summed E-state index contributed by atoms with van der Waals surface area (Å²) >= 11 is 1.39. The van der Waals surface area contributed by atoms with Gasteiger partial charge in [0.15, 0.2) is 6.61 Å². The van der Waals surface area contributed by atoms with Crippen LogP contribution in [0.5, 0.6) is 0 Å². The van der Waals surface area contributed by atoms with Crippen molar-refractivity contribution in [3.8, 4) is 0 Å². The molecule has 0 radical (unpaired) electrons. The van der Waals surface area contributed by atoms with Crippen LogP contribution in [0.3, 0.4) is 0 Å². The number of ether oxygens (including phenoxy) is 2. The summed E-state index contributed by atoms with van der Waals surface area (Å²) < 4.78 is 9.86. The highest BCUT2D eigenvalue weighted by molar-refractivity contribution is 7.17. The average molecular weight is 376 g/mol. The molecular formula is C18H20N2O5S. The molecular weight excluding hydrogens is 356 g/mol. The van der Waals surface area contributed by atoms with Gasteiger partial charge in [-0.1, -0.05) is 6.92 Å². The van der Waals surface area contributed by atoms with E-state index < -0.39 is 24.5 Å². The SMILES string of the molecule is COC(=O)c1c(NC(=O)COC(=O)c2ccc[nH]2)sc2c1CC[C@@H](C)C2. The highest BCUT2D eigenvalue weighted by atomic mass is 32.1. The molecule has 138 valence electrons. The number of fused-ring (bicyclic) bond motifs is 1. The minimum absolute atomic E-state index is 0.272. The summed E-state index contributed by atoms with van der Waals surface area (Å²) in [5.41, 5.74) is 1.65. The lowest BCUT2D eigenvalue weighted by Crippen LogP contribution is -2.22. The van der Waals surface area contributed by atoms with Crippen LogP contribution in [-0.2, 0) is 27.1 Å². The Morgan fingerprint density at radius 2 is 2.15 bits per heavy atom. The third-order valence-electron chi connectivity index (χ3n) is 4.31. The number of esters is 2. The van der Waals surface area contributed by atoms with Gasteiger partial charge in [-0.25, -0.2) is 9.59 Å². The number of H-pyrrole nitrogens is 1. The van der Waals surface area contributed by atoms with E-state index in [1.165, 1.54) is 18.4 Å². The fraction of sp³-hybridized carbons (Fsp3) is 0.389. The number of amides is 1. The molecule has 1 amide bonds. The van der Waals surface area contributed by atoms with Gasteiger partial charge in [0.1, 0.15) is 10.7 Å². The van der Waals surface area contributed by atoms with Crippen LogP contribution in [-0.4, -0.2) is 36.5 Å². The van der Waals surface area contributed by atoms with E-state index in [0.29, 0.717) is 16.5 Å². The first kappa shape index (κ1) is 18.2. The van der Waals surface area contributed by atoms with E-state index in [9.17, 15) is 14.4 Å². The zero-order valence-corrected chi connectivity index (χ0v) is 15.4. The van der Waals surface area contributed by atoms with Crippen molar-refractivity contribution >= 4 is 34.2 Å². The first-order valence-corrected chi connectivity index (χ1v) is 9.14. The van der Waals surface area contributed by atoms with Gasteiger partial charge in [-0.2, -0.15) is 0 Å². The quantitative estimate of drug-likeness (QED) is 0.782. The average Bonchev–Trinajstić information content (AvgIpc) is 3.26. The first-order chi connectivity index (χ1) is 12.5. The standard InChI is InChI=1S/C18H20N2O5S/c1-10-5-6-11-13(8-10)26-16(15(11)18(23)24-2)20-14(21)9-25-17(22)12-4-3-7-19-12/h3-4,7,10,19H,5-6,8-9H2,1-2H3,(H,20,21)/t10-/m1/s1. The highest BCUT2D eigenvalue weighted by Gasteiger charge is 2.29. The molecule has 2 heterocycles. The van der Waals surface area contributed by atoms with Crippen LogP contribution in [0.1, 0.15) is 44.6 Å². The van der Waals surface area contributed by atoms with Crippen LogP contribution in [0, 0.1) is 5.92 Å². The van der Waals surface area contributed by atoms with Gasteiger partial charge >= 0.3 is 11.9 Å². The number of hydrogen-bond acceptors (Lipinski definition) is 6. The molecule has 8 heteroatoms. The van der Waals surface area contributed by atoms with Gasteiger partial charge in [0.05, 0.1) is 12.7 Å². The topological polar surface area (TPSA) is 97.5 Å². The zero-order valence-electron chi connectivity index (χ0n) is 14.6. The Labute approximate surface area is 154 Å². The van der Waals surface area contributed by atoms with Gasteiger partial charge in [-0.3, -0.25) is 4.79 Å². The summed E-state index contributed by atoms with van der Waals surface area (Å²) in [6.45, 7) is 1.73. The molecule has 0 bridgehead atoms. The zero-order chi connectivity index (χ0) is 18.7. The molecule has 0 unspecified atom stereocenters. The van der Waals surface area contributed by atoms with E-state index in [0.717, 1.165) is 29.7 Å². The fourth-order valence-corrected chi connectivity index (χ4v) is 4.40. The molecule has 1 atom stereocenters. The third-order valence-corrected chi connectivity index (χ3v) is 5.48. The molecule has 2 aromatic rings. The number of methoxy groups -OCH3 is 1. The number of anilines is 1. The lowest BCUT2D eigenvalue weighted by atomic mass is 9.88. The first-order valence-electron chi connectivity index (χ1n) is 8.32. The largest absolute Gasteiger partial charge is 0.465 e. The molecule has 0 saturated heterocycles. The molecule has 0 spiro atoms. The summed E-state index contributed by atoms with van der Waals surface area (Å²) in [5.74, 6) is -1.04. The molecule has 3 rings (SSSR count). The van der Waals surface area contributed by atoms with Gasteiger partial charge < -0.3 is 19.8 Å². The number of nitrogens with one attached hydrogen (secondary N) is 2. The van der Waals surface area contributed by atoms with Crippen molar-refractivity contribution in [1.29, 1.82) is 0 Å². The smallest absolute Gasteiger partial charge is 0.355 e. The van der Waals surface area contributed by atoms with Gasteiger partial charge in [-0.05, 0) is 42.9 Å². The number of carbonyl (C=O) groups is 3. The molecule has 7 nitrogen and oxygen atoms in total. The molecule has 26 heavy (non-hydrogen) atoms. The second-order valence-electron chi connectivity index (χ2n) is 6.26. The predicted molar refractivity (Wildman–Crippen MR) is 96.6 cm³/mol. The maximum atomic E-state index is 12.2. The second-order valence-corrected chi connectivity index (χ2v) is 7.36. The van der Waals surface area contributed by atoms with Crippen LogP contribution in [0.25, 0.3) is 0 Å². The number of aromatic nitrogens is 1. The normalized spacial score (nSPS) is 15.8. The lowest BCUT2D eigenvalue weighted by molar-refractivity contribution is -0.119. The second kappa shape index (κ2) is 7.74. The Bertz CT molecular complexity index is 825. The van der Waals surface area contributed by atoms with Crippen molar-refractivity contribution in [2.75, 3.05) is 19.0 Å². The van der Waals surface area contributed by atoms with E-state index in [-0.39, 0.29) is 5.69 Å². The molecule has 0 saturated carbocycles. The molecule has 2 N–H and O–H groups in total. The minimum atomic E-state index is -0.613. The monoisotopic (exact) mass is 376 g/mol. The van der Waals surface area contributed by atoms with Crippen molar-refractivity contribution < 1.29 is 23.9 Å². The number of thiophene rings is 1. The summed E-state index contributed by atoms with van der Waals surface area (Å²) in [7, 11) is 1.32. The van der Waals surface area contributed by atoms with E-state index in [2.05, 4.69) is 17.2 Å². The number of hydrogen-bond donors (Lipinski definition) is 2. The highest BCUT2D eigenvalue weighted by Crippen LogP contribution is 2.39. The van der Waals surface area contributed by atoms with Crippen molar-refractivity contribution in [3.63, 3.8) is 0 Å². The van der Waals surface area contributed by atoms with Crippen LogP contribution in [0.2, 0.25) is 0 Å². The van der Waals surface area contributed by atoms with Crippen molar-refractivity contribution in [2.45, 2.75) is 26.2 Å². The van der Waals surface area contributed by atoms with Gasteiger partial charge in [0.25, 0.3) is 5.91 Å². The van der Waals surface area contributed by atoms with Crippen molar-refractivity contribution in [2.24, 2.45) is 5.92 Å². The maximum Gasteiger partial charge on any atom is 0.355 e. The van der Waals surface area contributed by atoms with Crippen LogP contribution < -0.4 is 5.32 Å². The summed E-state index contributed by atoms with van der Waals surface area (Å²) in [4.78, 5) is 40.0. The predicted octanol–water partition coefficient (Wildman–Crippen LogP) is 2.78. The van der Waals surface area contributed by atoms with Gasteiger partial charge in [0.2, 0.25) is 0 Å². The molecule has 1 aliphatic rings. The van der Waals surface area contributed by atoms with Crippen molar-refractivity contribution in [1.82, 2.24) is 4.98 Å². The van der Waals surface area contributed by atoms with Crippen LogP contribution >= 0.6 is 11.3 Å². The number of carbonyl (C=O) groups excluding carboxylic acids is 3. The Balaban J connectivity index is 1.71. The number of aromatic amines is 1. The third kappa shape index (κ3) is 3.80. The van der Waals surface area contributed by atoms with Gasteiger partial charge in [0, 0.05) is 11.1 Å². The number of rotatable bonds is 5. The van der Waals surface area contributed by atoms with Crippen LogP contribution in [0.15, 0.2) is 18.3 Å². The molecule has 0 aliphatic heterocycles. The van der Waals surface area contributed by atoms with Gasteiger partial charge in [-0.15, -0.1) is 11.3 Å². The summed E-state index contributed by atoms with van der Waals surface area (Å²) in [6.07, 6.45) is 4.25. The summed E-state index contributed by atoms with van der Waals surface area (Å²) in [6, 6.07) is 3.22. The Morgan fingerprint density at radius 3 is 2.85 bits per heavy atom. The van der Waals surface area contributed by atoms with E-state index in [4.69, 9.17) is 9.47 Å². The minimum Gasteiger partial charge on any atom is -0.465 e.